The molecule has 1 aliphatic heterocycles. The number of nitrogens with one attached hydrogen (secondary N) is 3. The second kappa shape index (κ2) is 7.13. The third-order valence-corrected chi connectivity index (χ3v) is 3.65. The van der Waals surface area contributed by atoms with E-state index < -0.39 is 0 Å². The predicted molar refractivity (Wildman–Crippen MR) is 84.6 cm³/mol. The minimum Gasteiger partial charge on any atom is -0.495 e. The summed E-state index contributed by atoms with van der Waals surface area (Å²) in [5.41, 5.74) is 1.10. The number of hydrogen-bond acceptors (Lipinski definition) is 4. The zero-order valence-corrected chi connectivity index (χ0v) is 13.1. The molecule has 7 heteroatoms. The Balaban J connectivity index is 2.19. The molecular weight excluding hydrogens is 284 g/mol. The summed E-state index contributed by atoms with van der Waals surface area (Å²) in [6, 6.07) is 5.08. The molecule has 3 amide bonds. The molecule has 1 fully saturated rings. The van der Waals surface area contributed by atoms with Gasteiger partial charge in [0.25, 0.3) is 5.91 Å². The molecule has 120 valence electrons. The molecule has 0 saturated carbocycles. The summed E-state index contributed by atoms with van der Waals surface area (Å²) >= 11 is 0. The van der Waals surface area contributed by atoms with Crippen molar-refractivity contribution in [3.63, 3.8) is 0 Å². The second-order valence-corrected chi connectivity index (χ2v) is 5.17. The molecule has 22 heavy (non-hydrogen) atoms. The number of benzene rings is 1. The Morgan fingerprint density at radius 2 is 2.27 bits per heavy atom. The zero-order chi connectivity index (χ0) is 16.1. The van der Waals surface area contributed by atoms with Gasteiger partial charge >= 0.3 is 6.03 Å². The van der Waals surface area contributed by atoms with Crippen molar-refractivity contribution in [1.82, 2.24) is 16.0 Å². The van der Waals surface area contributed by atoms with Gasteiger partial charge in [-0.1, -0.05) is 0 Å². The lowest BCUT2D eigenvalue weighted by Gasteiger charge is -2.19. The number of rotatable bonds is 6. The van der Waals surface area contributed by atoms with E-state index in [1.807, 2.05) is 14.0 Å². The highest BCUT2D eigenvalue weighted by atomic mass is 16.5. The standard InChI is InChI=1S/C15H22N4O3/c1-10(16-2)9-18-14(20)11-4-5-13(22-3)12(8-11)19-7-6-17-15(19)21/h4-5,8,10,16H,6-7,9H2,1-3H3,(H,17,21)(H,18,20). The first-order chi connectivity index (χ1) is 10.6. The summed E-state index contributed by atoms with van der Waals surface area (Å²) < 4.78 is 5.29. The van der Waals surface area contributed by atoms with Crippen LogP contribution in [0.15, 0.2) is 18.2 Å². The molecule has 1 atom stereocenters. The molecule has 1 heterocycles. The fourth-order valence-corrected chi connectivity index (χ4v) is 2.19. The maximum Gasteiger partial charge on any atom is 0.322 e. The van der Waals surface area contributed by atoms with Crippen molar-refractivity contribution >= 4 is 17.6 Å². The minimum absolute atomic E-state index is 0.175. The van der Waals surface area contributed by atoms with E-state index in [2.05, 4.69) is 16.0 Å². The van der Waals surface area contributed by atoms with Crippen LogP contribution in [0.2, 0.25) is 0 Å². The lowest BCUT2D eigenvalue weighted by atomic mass is 10.1. The van der Waals surface area contributed by atoms with Crippen LogP contribution in [0.1, 0.15) is 17.3 Å². The number of carbonyl (C=O) groups excluding carboxylic acids is 2. The van der Waals surface area contributed by atoms with Gasteiger partial charge in [-0.2, -0.15) is 0 Å². The Hall–Kier alpha value is -2.28. The number of methoxy groups -OCH3 is 1. The van der Waals surface area contributed by atoms with Crippen LogP contribution in [0.4, 0.5) is 10.5 Å². The topological polar surface area (TPSA) is 82.7 Å². The van der Waals surface area contributed by atoms with E-state index in [4.69, 9.17) is 4.74 Å². The number of hydrogen-bond donors (Lipinski definition) is 3. The lowest BCUT2D eigenvalue weighted by Crippen LogP contribution is -2.37. The molecule has 0 spiro atoms. The van der Waals surface area contributed by atoms with Crippen molar-refractivity contribution in [1.29, 1.82) is 0 Å². The number of nitrogens with zero attached hydrogens (tertiary/aromatic N) is 1. The first-order valence-electron chi connectivity index (χ1n) is 7.25. The summed E-state index contributed by atoms with van der Waals surface area (Å²) in [6.07, 6.45) is 0. The van der Waals surface area contributed by atoms with Crippen LogP contribution in [-0.4, -0.2) is 51.8 Å². The van der Waals surface area contributed by atoms with E-state index in [1.54, 1.807) is 30.2 Å². The highest BCUT2D eigenvalue weighted by molar-refractivity contribution is 5.99. The van der Waals surface area contributed by atoms with Crippen LogP contribution >= 0.6 is 0 Å². The van der Waals surface area contributed by atoms with Gasteiger partial charge in [0, 0.05) is 31.2 Å². The number of anilines is 1. The fourth-order valence-electron chi connectivity index (χ4n) is 2.19. The van der Waals surface area contributed by atoms with Gasteiger partial charge in [0.1, 0.15) is 5.75 Å². The summed E-state index contributed by atoms with van der Waals surface area (Å²) in [7, 11) is 3.38. The van der Waals surface area contributed by atoms with Crippen molar-refractivity contribution in [3.8, 4) is 5.75 Å². The van der Waals surface area contributed by atoms with Crippen molar-refractivity contribution < 1.29 is 14.3 Å². The highest BCUT2D eigenvalue weighted by Crippen LogP contribution is 2.30. The van der Waals surface area contributed by atoms with Crippen LogP contribution in [0, 0.1) is 0 Å². The second-order valence-electron chi connectivity index (χ2n) is 5.17. The molecule has 1 aromatic carbocycles. The first-order valence-corrected chi connectivity index (χ1v) is 7.25. The summed E-state index contributed by atoms with van der Waals surface area (Å²) in [4.78, 5) is 25.6. The summed E-state index contributed by atoms with van der Waals surface area (Å²) in [5.74, 6) is 0.391. The molecule has 1 aromatic rings. The summed E-state index contributed by atoms with van der Waals surface area (Å²) in [5, 5.41) is 8.65. The van der Waals surface area contributed by atoms with E-state index in [-0.39, 0.29) is 18.0 Å². The molecule has 0 bridgehead atoms. The first kappa shape index (κ1) is 16.1. The molecule has 0 aliphatic carbocycles. The molecule has 0 aromatic heterocycles. The fraction of sp³-hybridized carbons (Fsp3) is 0.467. The normalized spacial score (nSPS) is 15.4. The summed E-state index contributed by atoms with van der Waals surface area (Å²) in [6.45, 7) is 3.64. The Labute approximate surface area is 130 Å². The maximum atomic E-state index is 12.2. The quantitative estimate of drug-likeness (QED) is 0.717. The molecule has 1 saturated heterocycles. The van der Waals surface area contributed by atoms with Crippen molar-refractivity contribution in [2.24, 2.45) is 0 Å². The number of ether oxygens (including phenoxy) is 1. The van der Waals surface area contributed by atoms with E-state index >= 15 is 0 Å². The van der Waals surface area contributed by atoms with Gasteiger partial charge in [0.05, 0.1) is 12.8 Å². The average Bonchev–Trinajstić information content (AvgIpc) is 2.97. The largest absolute Gasteiger partial charge is 0.495 e. The van der Waals surface area contributed by atoms with Crippen molar-refractivity contribution in [2.75, 3.05) is 38.7 Å². The van der Waals surface area contributed by atoms with Gasteiger partial charge in [-0.25, -0.2) is 4.79 Å². The third-order valence-electron chi connectivity index (χ3n) is 3.65. The van der Waals surface area contributed by atoms with Gasteiger partial charge in [-0.15, -0.1) is 0 Å². The Kier molecular flexibility index (Phi) is 5.21. The van der Waals surface area contributed by atoms with E-state index in [0.29, 0.717) is 36.6 Å². The Bertz CT molecular complexity index is 562. The Morgan fingerprint density at radius 3 is 2.86 bits per heavy atom. The van der Waals surface area contributed by atoms with Crippen LogP contribution in [-0.2, 0) is 0 Å². The lowest BCUT2D eigenvalue weighted by molar-refractivity contribution is 0.0950. The van der Waals surface area contributed by atoms with Crippen LogP contribution in [0.5, 0.6) is 5.75 Å². The molecule has 0 radical (unpaired) electrons. The molecule has 7 nitrogen and oxygen atoms in total. The van der Waals surface area contributed by atoms with Crippen LogP contribution < -0.4 is 25.6 Å². The van der Waals surface area contributed by atoms with Crippen LogP contribution in [0.3, 0.4) is 0 Å². The van der Waals surface area contributed by atoms with E-state index in [9.17, 15) is 9.59 Å². The number of amides is 3. The number of likely N-dealkylation sites (N-methyl/N-ethyl adjacent to an activating group) is 1. The molecule has 3 N–H and O–H groups in total. The average molecular weight is 306 g/mol. The van der Waals surface area contributed by atoms with Gasteiger partial charge in [0.15, 0.2) is 0 Å². The number of urea groups is 1. The monoisotopic (exact) mass is 306 g/mol. The zero-order valence-electron chi connectivity index (χ0n) is 13.1. The maximum absolute atomic E-state index is 12.2. The third kappa shape index (κ3) is 3.48. The molecule has 1 unspecified atom stereocenters. The van der Waals surface area contributed by atoms with Crippen molar-refractivity contribution in [3.05, 3.63) is 23.8 Å². The smallest absolute Gasteiger partial charge is 0.322 e. The Morgan fingerprint density at radius 1 is 1.50 bits per heavy atom. The van der Waals surface area contributed by atoms with Gasteiger partial charge in [-0.05, 0) is 32.2 Å². The molecule has 1 aliphatic rings. The molecular formula is C15H22N4O3. The van der Waals surface area contributed by atoms with Gasteiger partial charge in [0.2, 0.25) is 0 Å². The highest BCUT2D eigenvalue weighted by Gasteiger charge is 2.25. The van der Waals surface area contributed by atoms with Gasteiger partial charge in [-0.3, -0.25) is 9.69 Å². The van der Waals surface area contributed by atoms with Crippen molar-refractivity contribution in [2.45, 2.75) is 13.0 Å². The minimum atomic E-state index is -0.181. The van der Waals surface area contributed by atoms with Gasteiger partial charge < -0.3 is 20.7 Å². The van der Waals surface area contributed by atoms with E-state index in [0.717, 1.165) is 0 Å². The predicted octanol–water partition coefficient (Wildman–Crippen LogP) is 0.562. The van der Waals surface area contributed by atoms with E-state index in [1.165, 1.54) is 0 Å². The number of carbonyl (C=O) groups is 2. The SMILES string of the molecule is CNC(C)CNC(=O)c1ccc(OC)c(N2CCNC2=O)c1. The molecule has 2 rings (SSSR count). The van der Waals surface area contributed by atoms with Crippen LogP contribution in [0.25, 0.3) is 0 Å².